The van der Waals surface area contributed by atoms with E-state index in [1.54, 1.807) is 31.6 Å². The lowest BCUT2D eigenvalue weighted by Gasteiger charge is -2.11. The van der Waals surface area contributed by atoms with Crippen LogP contribution >= 0.6 is 0 Å². The van der Waals surface area contributed by atoms with Gasteiger partial charge in [0.15, 0.2) is 0 Å². The molecule has 0 spiro atoms. The molecule has 19 heavy (non-hydrogen) atoms. The highest BCUT2D eigenvalue weighted by Crippen LogP contribution is 2.28. The van der Waals surface area contributed by atoms with Crippen molar-refractivity contribution in [1.82, 2.24) is 9.97 Å². The SMILES string of the molecule is CNc1cncc(Oc2c(C)cc(C#N)cc2C)n1. The summed E-state index contributed by atoms with van der Waals surface area (Å²) in [5, 5.41) is 11.8. The van der Waals surface area contributed by atoms with Crippen molar-refractivity contribution in [3.05, 3.63) is 41.2 Å². The van der Waals surface area contributed by atoms with Gasteiger partial charge in [-0.15, -0.1) is 0 Å². The van der Waals surface area contributed by atoms with Crippen LogP contribution in [0.2, 0.25) is 0 Å². The lowest BCUT2D eigenvalue weighted by Crippen LogP contribution is -1.98. The van der Waals surface area contributed by atoms with Gasteiger partial charge in [-0.2, -0.15) is 10.2 Å². The molecule has 0 bridgehead atoms. The molecule has 5 nitrogen and oxygen atoms in total. The average molecular weight is 254 g/mol. The van der Waals surface area contributed by atoms with Crippen LogP contribution < -0.4 is 10.1 Å². The molecule has 5 heteroatoms. The van der Waals surface area contributed by atoms with Crippen molar-refractivity contribution < 1.29 is 4.74 Å². The number of hydrogen-bond acceptors (Lipinski definition) is 5. The van der Waals surface area contributed by atoms with E-state index in [4.69, 9.17) is 10.00 Å². The summed E-state index contributed by atoms with van der Waals surface area (Å²) < 4.78 is 5.76. The number of benzene rings is 1. The molecule has 1 aromatic heterocycles. The summed E-state index contributed by atoms with van der Waals surface area (Å²) in [5.74, 6) is 1.77. The normalized spacial score (nSPS) is 9.79. The molecule has 0 aliphatic heterocycles. The summed E-state index contributed by atoms with van der Waals surface area (Å²) in [4.78, 5) is 8.29. The first kappa shape index (κ1) is 12.8. The number of rotatable bonds is 3. The standard InChI is InChI=1S/C14H14N4O/c1-9-4-11(6-15)5-10(2)14(9)19-13-8-17-7-12(16-3)18-13/h4-5,7-8H,1-3H3,(H,16,18). The van der Waals surface area contributed by atoms with Crippen molar-refractivity contribution in [3.8, 4) is 17.7 Å². The third-order valence-electron chi connectivity index (χ3n) is 2.66. The second-order valence-electron chi connectivity index (χ2n) is 4.15. The number of aryl methyl sites for hydroxylation is 2. The third kappa shape index (κ3) is 2.80. The lowest BCUT2D eigenvalue weighted by molar-refractivity contribution is 0.454. The van der Waals surface area contributed by atoms with Crippen LogP contribution in [0.1, 0.15) is 16.7 Å². The van der Waals surface area contributed by atoms with Crippen LogP contribution in [0, 0.1) is 25.2 Å². The Morgan fingerprint density at radius 3 is 2.47 bits per heavy atom. The zero-order chi connectivity index (χ0) is 13.8. The molecular formula is C14H14N4O. The molecule has 96 valence electrons. The average Bonchev–Trinajstić information content (AvgIpc) is 2.42. The minimum absolute atomic E-state index is 0.419. The van der Waals surface area contributed by atoms with Gasteiger partial charge in [0.25, 0.3) is 0 Å². The number of ether oxygens (including phenoxy) is 1. The van der Waals surface area contributed by atoms with Crippen molar-refractivity contribution in [2.24, 2.45) is 0 Å². The zero-order valence-corrected chi connectivity index (χ0v) is 11.1. The second-order valence-corrected chi connectivity index (χ2v) is 4.15. The van der Waals surface area contributed by atoms with Gasteiger partial charge in [-0.25, -0.2) is 0 Å². The number of hydrogen-bond donors (Lipinski definition) is 1. The van der Waals surface area contributed by atoms with Crippen LogP contribution in [-0.4, -0.2) is 17.0 Å². The van der Waals surface area contributed by atoms with Crippen molar-refractivity contribution in [1.29, 1.82) is 5.26 Å². The molecule has 0 unspecified atom stereocenters. The fraction of sp³-hybridized carbons (Fsp3) is 0.214. The minimum atomic E-state index is 0.419. The van der Waals surface area contributed by atoms with E-state index < -0.39 is 0 Å². The molecule has 2 rings (SSSR count). The number of nitrogens with zero attached hydrogens (tertiary/aromatic N) is 3. The highest BCUT2D eigenvalue weighted by atomic mass is 16.5. The highest BCUT2D eigenvalue weighted by Gasteiger charge is 2.09. The van der Waals surface area contributed by atoms with E-state index in [0.29, 0.717) is 23.0 Å². The van der Waals surface area contributed by atoms with Gasteiger partial charge in [0.05, 0.1) is 24.0 Å². The van der Waals surface area contributed by atoms with Gasteiger partial charge in [-0.1, -0.05) is 0 Å². The maximum absolute atomic E-state index is 8.91. The number of nitrogens with one attached hydrogen (secondary N) is 1. The molecule has 0 atom stereocenters. The van der Waals surface area contributed by atoms with E-state index in [0.717, 1.165) is 11.1 Å². The number of nitriles is 1. The molecule has 1 N–H and O–H groups in total. The molecular weight excluding hydrogens is 240 g/mol. The monoisotopic (exact) mass is 254 g/mol. The molecule has 0 saturated heterocycles. The maximum Gasteiger partial charge on any atom is 0.239 e. The van der Waals surface area contributed by atoms with Crippen LogP contribution in [0.15, 0.2) is 24.5 Å². The Morgan fingerprint density at radius 2 is 1.89 bits per heavy atom. The number of anilines is 1. The van der Waals surface area contributed by atoms with Crippen molar-refractivity contribution >= 4 is 5.82 Å². The van der Waals surface area contributed by atoms with Crippen molar-refractivity contribution in [2.45, 2.75) is 13.8 Å². The first-order valence-corrected chi connectivity index (χ1v) is 5.83. The molecule has 1 heterocycles. The Kier molecular flexibility index (Phi) is 3.62. The molecule has 0 radical (unpaired) electrons. The van der Waals surface area contributed by atoms with Crippen molar-refractivity contribution in [2.75, 3.05) is 12.4 Å². The van der Waals surface area contributed by atoms with Gasteiger partial charge in [0.2, 0.25) is 5.88 Å². The fourth-order valence-corrected chi connectivity index (χ4v) is 1.80. The Labute approximate surface area is 111 Å². The predicted octanol–water partition coefficient (Wildman–Crippen LogP) is 2.80. The summed E-state index contributed by atoms with van der Waals surface area (Å²) in [7, 11) is 1.77. The highest BCUT2D eigenvalue weighted by molar-refractivity contribution is 5.48. The van der Waals surface area contributed by atoms with Crippen LogP contribution in [0.4, 0.5) is 5.82 Å². The Hall–Kier alpha value is -2.61. The molecule has 1 aromatic carbocycles. The van der Waals surface area contributed by atoms with Gasteiger partial charge in [0, 0.05) is 7.05 Å². The molecule has 0 fully saturated rings. The first-order chi connectivity index (χ1) is 9.13. The Bertz CT molecular complexity index is 623. The maximum atomic E-state index is 8.91. The van der Waals surface area contributed by atoms with E-state index in [1.165, 1.54) is 0 Å². The van der Waals surface area contributed by atoms with E-state index >= 15 is 0 Å². The van der Waals surface area contributed by atoms with Gasteiger partial charge in [-0.05, 0) is 37.1 Å². The fourth-order valence-electron chi connectivity index (χ4n) is 1.80. The van der Waals surface area contributed by atoms with Crippen molar-refractivity contribution in [3.63, 3.8) is 0 Å². The lowest BCUT2D eigenvalue weighted by atomic mass is 10.1. The summed E-state index contributed by atoms with van der Waals surface area (Å²) >= 11 is 0. The quantitative estimate of drug-likeness (QED) is 0.911. The molecule has 0 amide bonds. The van der Waals surface area contributed by atoms with E-state index in [-0.39, 0.29) is 0 Å². The van der Waals surface area contributed by atoms with Crippen LogP contribution in [0.25, 0.3) is 0 Å². The topological polar surface area (TPSA) is 70.8 Å². The van der Waals surface area contributed by atoms with E-state index in [9.17, 15) is 0 Å². The molecule has 0 aliphatic rings. The summed E-state index contributed by atoms with van der Waals surface area (Å²) in [6, 6.07) is 5.70. The van der Waals surface area contributed by atoms with Crippen LogP contribution in [0.5, 0.6) is 11.6 Å². The largest absolute Gasteiger partial charge is 0.437 e. The van der Waals surface area contributed by atoms with Crippen LogP contribution in [0.3, 0.4) is 0 Å². The Morgan fingerprint density at radius 1 is 1.21 bits per heavy atom. The molecule has 2 aromatic rings. The van der Waals surface area contributed by atoms with E-state index in [2.05, 4.69) is 21.4 Å². The molecule has 0 saturated carbocycles. The van der Waals surface area contributed by atoms with Gasteiger partial charge >= 0.3 is 0 Å². The third-order valence-corrected chi connectivity index (χ3v) is 2.66. The predicted molar refractivity (Wildman–Crippen MR) is 72.3 cm³/mol. The number of aromatic nitrogens is 2. The van der Waals surface area contributed by atoms with Gasteiger partial charge < -0.3 is 10.1 Å². The first-order valence-electron chi connectivity index (χ1n) is 5.83. The van der Waals surface area contributed by atoms with Gasteiger partial charge in [0.1, 0.15) is 11.6 Å². The zero-order valence-electron chi connectivity index (χ0n) is 11.1. The van der Waals surface area contributed by atoms with Gasteiger partial charge in [-0.3, -0.25) is 4.98 Å². The summed E-state index contributed by atoms with van der Waals surface area (Å²) in [6.07, 6.45) is 3.17. The minimum Gasteiger partial charge on any atom is -0.437 e. The van der Waals surface area contributed by atoms with Crippen LogP contribution in [-0.2, 0) is 0 Å². The Balaban J connectivity index is 2.36. The summed E-state index contributed by atoms with van der Waals surface area (Å²) in [6.45, 7) is 3.80. The second kappa shape index (κ2) is 5.36. The smallest absolute Gasteiger partial charge is 0.239 e. The summed E-state index contributed by atoms with van der Waals surface area (Å²) in [5.41, 5.74) is 2.42. The molecule has 0 aliphatic carbocycles. The van der Waals surface area contributed by atoms with E-state index in [1.807, 2.05) is 13.8 Å².